The van der Waals surface area contributed by atoms with Crippen LogP contribution in [0.4, 0.5) is 0 Å². The summed E-state index contributed by atoms with van der Waals surface area (Å²) in [6.45, 7) is 1.92. The maximum Gasteiger partial charge on any atom is 0.384 e. The van der Waals surface area contributed by atoms with Gasteiger partial charge in [0.25, 0.3) is 0 Å². The van der Waals surface area contributed by atoms with Crippen molar-refractivity contribution >= 4 is 12.3 Å². The molecular weight excluding hydrogens is 208 g/mol. The van der Waals surface area contributed by atoms with Crippen LogP contribution in [0.3, 0.4) is 0 Å². The Morgan fingerprint density at radius 3 is 2.94 bits per heavy atom. The highest BCUT2D eigenvalue weighted by Crippen LogP contribution is 2.17. The Labute approximate surface area is 92.9 Å². The van der Waals surface area contributed by atoms with E-state index in [0.29, 0.717) is 11.8 Å². The van der Waals surface area contributed by atoms with E-state index in [9.17, 15) is 14.7 Å². The van der Waals surface area contributed by atoms with Gasteiger partial charge in [-0.3, -0.25) is 4.79 Å². The number of hydrogen-bond acceptors (Lipinski definition) is 4. The number of rotatable bonds is 2. The van der Waals surface area contributed by atoms with Gasteiger partial charge in [0.1, 0.15) is 5.75 Å². The Hall–Kier alpha value is -2.28. The van der Waals surface area contributed by atoms with Crippen molar-refractivity contribution in [3.63, 3.8) is 0 Å². The third-order valence-electron chi connectivity index (χ3n) is 1.78. The fourth-order valence-corrected chi connectivity index (χ4v) is 1.07. The zero-order valence-electron chi connectivity index (χ0n) is 8.69. The molecule has 4 heteroatoms. The second-order valence-electron chi connectivity index (χ2n) is 2.83. The maximum absolute atomic E-state index is 11.0. The molecule has 0 aliphatic rings. The van der Waals surface area contributed by atoms with E-state index >= 15 is 0 Å². The van der Waals surface area contributed by atoms with Crippen molar-refractivity contribution in [3.8, 4) is 17.6 Å². The van der Waals surface area contributed by atoms with E-state index in [1.807, 2.05) is 0 Å². The SMILES string of the molecule is CCOC(=O)C#Cc1cccc(O)c1C=O. The van der Waals surface area contributed by atoms with Gasteiger partial charge >= 0.3 is 5.97 Å². The van der Waals surface area contributed by atoms with Crippen molar-refractivity contribution in [1.29, 1.82) is 0 Å². The summed E-state index contributed by atoms with van der Waals surface area (Å²) in [5, 5.41) is 9.34. The van der Waals surface area contributed by atoms with Crippen LogP contribution >= 0.6 is 0 Å². The number of benzene rings is 1. The largest absolute Gasteiger partial charge is 0.507 e. The predicted molar refractivity (Wildman–Crippen MR) is 57.0 cm³/mol. The molecule has 1 aromatic rings. The molecule has 1 rings (SSSR count). The lowest BCUT2D eigenvalue weighted by Gasteiger charge is -1.98. The van der Waals surface area contributed by atoms with Gasteiger partial charge in [-0.15, -0.1) is 0 Å². The number of ether oxygens (including phenoxy) is 1. The number of aromatic hydroxyl groups is 1. The lowest BCUT2D eigenvalue weighted by atomic mass is 10.1. The Balaban J connectivity index is 3.01. The van der Waals surface area contributed by atoms with Crippen LogP contribution in [0.25, 0.3) is 0 Å². The first-order chi connectivity index (χ1) is 7.69. The van der Waals surface area contributed by atoms with Gasteiger partial charge in [-0.2, -0.15) is 0 Å². The number of phenolic OH excluding ortho intramolecular Hbond substituents is 1. The van der Waals surface area contributed by atoms with Gasteiger partial charge < -0.3 is 9.84 Å². The van der Waals surface area contributed by atoms with E-state index in [2.05, 4.69) is 16.6 Å². The maximum atomic E-state index is 11.0. The summed E-state index contributed by atoms with van der Waals surface area (Å²) in [7, 11) is 0. The number of carbonyl (C=O) groups excluding carboxylic acids is 2. The molecule has 0 spiro atoms. The molecule has 0 aromatic heterocycles. The molecule has 1 N–H and O–H groups in total. The second kappa shape index (κ2) is 5.56. The average Bonchev–Trinajstić information content (AvgIpc) is 2.27. The van der Waals surface area contributed by atoms with E-state index in [-0.39, 0.29) is 17.9 Å². The average molecular weight is 218 g/mol. The van der Waals surface area contributed by atoms with Crippen LogP contribution in [-0.2, 0) is 9.53 Å². The minimum absolute atomic E-state index is 0.0688. The lowest BCUT2D eigenvalue weighted by molar-refractivity contribution is -0.136. The van der Waals surface area contributed by atoms with Gasteiger partial charge in [-0.25, -0.2) is 4.79 Å². The third kappa shape index (κ3) is 2.85. The first-order valence-electron chi connectivity index (χ1n) is 4.65. The van der Waals surface area contributed by atoms with Crippen molar-refractivity contribution < 1.29 is 19.4 Å². The van der Waals surface area contributed by atoms with Gasteiger partial charge in [0.05, 0.1) is 12.2 Å². The highest BCUT2D eigenvalue weighted by molar-refractivity contribution is 5.90. The molecule has 0 bridgehead atoms. The van der Waals surface area contributed by atoms with Gasteiger partial charge in [0.2, 0.25) is 0 Å². The first-order valence-corrected chi connectivity index (χ1v) is 4.65. The summed E-state index contributed by atoms with van der Waals surface area (Å²) in [5.74, 6) is 3.87. The lowest BCUT2D eigenvalue weighted by Crippen LogP contribution is -2.00. The van der Waals surface area contributed by atoms with Crippen molar-refractivity contribution in [2.75, 3.05) is 6.61 Å². The molecule has 0 saturated carbocycles. The van der Waals surface area contributed by atoms with E-state index in [0.717, 1.165) is 0 Å². The van der Waals surface area contributed by atoms with Gasteiger partial charge in [-0.1, -0.05) is 12.0 Å². The van der Waals surface area contributed by atoms with E-state index in [1.54, 1.807) is 6.92 Å². The molecule has 0 radical (unpaired) electrons. The summed E-state index contributed by atoms with van der Waals surface area (Å²) >= 11 is 0. The Bertz CT molecular complexity index is 466. The normalized spacial score (nSPS) is 8.81. The number of carbonyl (C=O) groups is 2. The predicted octanol–water partition coefficient (Wildman–Crippen LogP) is 1.12. The quantitative estimate of drug-likeness (QED) is 0.459. The smallest absolute Gasteiger partial charge is 0.384 e. The van der Waals surface area contributed by atoms with Crippen LogP contribution in [0.5, 0.6) is 5.75 Å². The van der Waals surface area contributed by atoms with Crippen molar-refractivity contribution in [1.82, 2.24) is 0 Å². The monoisotopic (exact) mass is 218 g/mol. The van der Waals surface area contributed by atoms with Gasteiger partial charge in [0.15, 0.2) is 6.29 Å². The van der Waals surface area contributed by atoms with Crippen molar-refractivity contribution in [3.05, 3.63) is 29.3 Å². The van der Waals surface area contributed by atoms with Gasteiger partial charge in [0, 0.05) is 11.5 Å². The van der Waals surface area contributed by atoms with Crippen LogP contribution in [0, 0.1) is 11.8 Å². The summed E-state index contributed by atoms with van der Waals surface area (Å²) in [6.07, 6.45) is 0.491. The molecule has 16 heavy (non-hydrogen) atoms. The topological polar surface area (TPSA) is 63.6 Å². The summed E-state index contributed by atoms with van der Waals surface area (Å²) in [6, 6.07) is 4.45. The number of esters is 1. The molecule has 0 fully saturated rings. The molecule has 0 amide bonds. The van der Waals surface area contributed by atoms with Crippen LogP contribution in [0.15, 0.2) is 18.2 Å². The molecule has 82 valence electrons. The minimum Gasteiger partial charge on any atom is -0.507 e. The Morgan fingerprint density at radius 2 is 2.31 bits per heavy atom. The van der Waals surface area contributed by atoms with Gasteiger partial charge in [-0.05, 0) is 19.1 Å². The summed E-state index contributed by atoms with van der Waals surface area (Å²) < 4.78 is 4.60. The number of aldehydes is 1. The summed E-state index contributed by atoms with van der Waals surface area (Å²) in [4.78, 5) is 21.6. The molecule has 4 nitrogen and oxygen atoms in total. The Kier molecular flexibility index (Phi) is 4.10. The standard InChI is InChI=1S/C12H10O4/c1-2-16-12(15)7-6-9-4-3-5-11(14)10(9)8-13/h3-5,8,14H,2H2,1H3. The molecule has 0 aliphatic heterocycles. The van der Waals surface area contributed by atoms with E-state index < -0.39 is 5.97 Å². The van der Waals surface area contributed by atoms with Crippen LogP contribution in [0.2, 0.25) is 0 Å². The molecule has 0 saturated heterocycles. The fourth-order valence-electron chi connectivity index (χ4n) is 1.07. The van der Waals surface area contributed by atoms with Crippen molar-refractivity contribution in [2.24, 2.45) is 0 Å². The fraction of sp³-hybridized carbons (Fsp3) is 0.167. The third-order valence-corrected chi connectivity index (χ3v) is 1.78. The molecule has 0 unspecified atom stereocenters. The van der Waals surface area contributed by atoms with Crippen LogP contribution in [0.1, 0.15) is 22.8 Å². The minimum atomic E-state index is -0.664. The highest BCUT2D eigenvalue weighted by atomic mass is 16.5. The van der Waals surface area contributed by atoms with Crippen LogP contribution in [-0.4, -0.2) is 24.0 Å². The van der Waals surface area contributed by atoms with Crippen molar-refractivity contribution in [2.45, 2.75) is 6.92 Å². The molecule has 0 aliphatic carbocycles. The van der Waals surface area contributed by atoms with E-state index in [4.69, 9.17) is 0 Å². The molecular formula is C12H10O4. The van der Waals surface area contributed by atoms with E-state index in [1.165, 1.54) is 18.2 Å². The zero-order chi connectivity index (χ0) is 12.0. The molecule has 0 atom stereocenters. The number of phenols is 1. The first kappa shape index (κ1) is 11.8. The van der Waals surface area contributed by atoms with Crippen LogP contribution < -0.4 is 0 Å². The molecule has 1 aromatic carbocycles. The summed E-state index contributed by atoms with van der Waals surface area (Å²) in [5.41, 5.74) is 0.363. The highest BCUT2D eigenvalue weighted by Gasteiger charge is 2.04. The molecule has 0 heterocycles. The zero-order valence-corrected chi connectivity index (χ0v) is 8.69. The Morgan fingerprint density at radius 1 is 1.56 bits per heavy atom. The second-order valence-corrected chi connectivity index (χ2v) is 2.83. The number of hydrogen-bond donors (Lipinski definition) is 1.